The van der Waals surface area contributed by atoms with E-state index in [9.17, 15) is 9.59 Å². The van der Waals surface area contributed by atoms with Crippen molar-refractivity contribution in [3.63, 3.8) is 0 Å². The van der Waals surface area contributed by atoms with E-state index in [1.165, 1.54) is 5.56 Å². The van der Waals surface area contributed by atoms with Crippen LogP contribution in [0.15, 0.2) is 60.7 Å². The van der Waals surface area contributed by atoms with Crippen molar-refractivity contribution in [1.82, 2.24) is 10.2 Å². The summed E-state index contributed by atoms with van der Waals surface area (Å²) in [6.07, 6.45) is 4.87. The minimum atomic E-state index is -0.0324. The molecule has 0 radical (unpaired) electrons. The summed E-state index contributed by atoms with van der Waals surface area (Å²) in [6.45, 7) is 5.30. The zero-order chi connectivity index (χ0) is 19.9. The first-order valence-electron chi connectivity index (χ1n) is 9.92. The van der Waals surface area contributed by atoms with Gasteiger partial charge in [0, 0.05) is 25.1 Å². The van der Waals surface area contributed by atoms with E-state index in [-0.39, 0.29) is 23.8 Å². The molecule has 1 saturated heterocycles. The van der Waals surface area contributed by atoms with Gasteiger partial charge in [0.2, 0.25) is 11.8 Å². The molecule has 1 unspecified atom stereocenters. The Morgan fingerprint density at radius 2 is 1.68 bits per heavy atom. The second-order valence-corrected chi connectivity index (χ2v) is 7.48. The first-order valence-corrected chi connectivity index (χ1v) is 9.92. The lowest BCUT2D eigenvalue weighted by Gasteiger charge is -2.31. The van der Waals surface area contributed by atoms with Gasteiger partial charge in [-0.25, -0.2) is 0 Å². The van der Waals surface area contributed by atoms with Crippen LogP contribution in [0.1, 0.15) is 42.5 Å². The standard InChI is InChI=1S/C24H28N2O2/c1-18-8-11-21(12-9-18)19(2)25-24(28)22-14-16-26(17-15-22)23(27)13-10-20-6-4-3-5-7-20/h3-13,19,22H,14-17H2,1-2H3,(H,25,28)/b13-10+. The number of piperidine rings is 1. The molecule has 3 rings (SSSR count). The molecule has 0 aliphatic carbocycles. The topological polar surface area (TPSA) is 49.4 Å². The Morgan fingerprint density at radius 1 is 1.04 bits per heavy atom. The summed E-state index contributed by atoms with van der Waals surface area (Å²) in [5.41, 5.74) is 3.33. The fourth-order valence-corrected chi connectivity index (χ4v) is 3.47. The van der Waals surface area contributed by atoms with Gasteiger partial charge in [0.15, 0.2) is 0 Å². The first kappa shape index (κ1) is 19.9. The average molecular weight is 377 g/mol. The van der Waals surface area contributed by atoms with E-state index in [1.807, 2.05) is 48.2 Å². The number of hydrogen-bond acceptors (Lipinski definition) is 2. The SMILES string of the molecule is Cc1ccc(C(C)NC(=O)C2CCN(C(=O)/C=C/c3ccccc3)CC2)cc1. The Morgan fingerprint density at radius 3 is 2.32 bits per heavy atom. The van der Waals surface area contributed by atoms with E-state index < -0.39 is 0 Å². The highest BCUT2D eigenvalue weighted by atomic mass is 16.2. The summed E-state index contributed by atoms with van der Waals surface area (Å²) in [6, 6.07) is 18.0. The number of likely N-dealkylation sites (tertiary alicyclic amines) is 1. The maximum atomic E-state index is 12.6. The largest absolute Gasteiger partial charge is 0.349 e. The Labute approximate surface area is 167 Å². The molecule has 1 aliphatic rings. The lowest BCUT2D eigenvalue weighted by Crippen LogP contribution is -2.43. The molecule has 2 aromatic carbocycles. The highest BCUT2D eigenvalue weighted by Gasteiger charge is 2.27. The van der Waals surface area contributed by atoms with Crippen LogP contribution in [-0.2, 0) is 9.59 Å². The van der Waals surface area contributed by atoms with Crippen molar-refractivity contribution < 1.29 is 9.59 Å². The first-order chi connectivity index (χ1) is 13.5. The van der Waals surface area contributed by atoms with Crippen molar-refractivity contribution in [3.05, 3.63) is 77.4 Å². The predicted octanol–water partition coefficient (Wildman–Crippen LogP) is 4.12. The Bertz CT molecular complexity index is 819. The summed E-state index contributed by atoms with van der Waals surface area (Å²) < 4.78 is 0. The molecular weight excluding hydrogens is 348 g/mol. The molecule has 0 bridgehead atoms. The van der Waals surface area contributed by atoms with Gasteiger partial charge in [-0.1, -0.05) is 60.2 Å². The zero-order valence-electron chi connectivity index (χ0n) is 16.6. The number of nitrogens with zero attached hydrogens (tertiary/aromatic N) is 1. The summed E-state index contributed by atoms with van der Waals surface area (Å²) in [4.78, 5) is 26.8. The van der Waals surface area contributed by atoms with Gasteiger partial charge in [0.25, 0.3) is 0 Å². The second-order valence-electron chi connectivity index (χ2n) is 7.48. The van der Waals surface area contributed by atoms with E-state index in [2.05, 4.69) is 36.5 Å². The van der Waals surface area contributed by atoms with Crippen LogP contribution in [0.5, 0.6) is 0 Å². The van der Waals surface area contributed by atoms with Gasteiger partial charge >= 0.3 is 0 Å². The molecule has 1 heterocycles. The minimum absolute atomic E-state index is 0.00994. The average Bonchev–Trinajstić information content (AvgIpc) is 2.73. The Balaban J connectivity index is 1.47. The van der Waals surface area contributed by atoms with Crippen LogP contribution in [-0.4, -0.2) is 29.8 Å². The van der Waals surface area contributed by atoms with E-state index >= 15 is 0 Å². The monoisotopic (exact) mass is 376 g/mol. The van der Waals surface area contributed by atoms with Gasteiger partial charge in [0.1, 0.15) is 0 Å². The van der Waals surface area contributed by atoms with E-state index in [4.69, 9.17) is 0 Å². The molecule has 1 fully saturated rings. The van der Waals surface area contributed by atoms with Crippen LogP contribution in [0.4, 0.5) is 0 Å². The highest BCUT2D eigenvalue weighted by molar-refractivity contribution is 5.92. The third-order valence-electron chi connectivity index (χ3n) is 5.33. The van der Waals surface area contributed by atoms with Crippen molar-refractivity contribution in [1.29, 1.82) is 0 Å². The zero-order valence-corrected chi connectivity index (χ0v) is 16.6. The lowest BCUT2D eigenvalue weighted by atomic mass is 9.95. The molecule has 2 amide bonds. The molecule has 0 spiro atoms. The molecular formula is C24H28N2O2. The molecule has 1 aliphatic heterocycles. The summed E-state index contributed by atoms with van der Waals surface area (Å²) in [5, 5.41) is 3.12. The number of aryl methyl sites for hydroxylation is 1. The van der Waals surface area contributed by atoms with Crippen LogP contribution in [0.2, 0.25) is 0 Å². The van der Waals surface area contributed by atoms with Gasteiger partial charge < -0.3 is 10.2 Å². The van der Waals surface area contributed by atoms with Gasteiger partial charge in [-0.3, -0.25) is 9.59 Å². The van der Waals surface area contributed by atoms with Crippen molar-refractivity contribution in [2.75, 3.05) is 13.1 Å². The van der Waals surface area contributed by atoms with Crippen LogP contribution in [0.3, 0.4) is 0 Å². The minimum Gasteiger partial charge on any atom is -0.349 e. The van der Waals surface area contributed by atoms with Crippen molar-refractivity contribution in [2.45, 2.75) is 32.7 Å². The van der Waals surface area contributed by atoms with Gasteiger partial charge in [0.05, 0.1) is 6.04 Å². The van der Waals surface area contributed by atoms with Crippen molar-refractivity contribution in [3.8, 4) is 0 Å². The summed E-state index contributed by atoms with van der Waals surface area (Å²) >= 11 is 0. The van der Waals surface area contributed by atoms with Gasteiger partial charge in [-0.15, -0.1) is 0 Å². The third kappa shape index (κ3) is 5.32. The fraction of sp³-hybridized carbons (Fsp3) is 0.333. The third-order valence-corrected chi connectivity index (χ3v) is 5.33. The Kier molecular flexibility index (Phi) is 6.64. The smallest absolute Gasteiger partial charge is 0.246 e. The highest BCUT2D eigenvalue weighted by Crippen LogP contribution is 2.20. The van der Waals surface area contributed by atoms with Crippen molar-refractivity contribution >= 4 is 17.9 Å². The van der Waals surface area contributed by atoms with Gasteiger partial charge in [-0.05, 0) is 43.9 Å². The number of amides is 2. The number of hydrogen-bond donors (Lipinski definition) is 1. The molecule has 4 heteroatoms. The van der Waals surface area contributed by atoms with Gasteiger partial charge in [-0.2, -0.15) is 0 Å². The molecule has 1 atom stereocenters. The van der Waals surface area contributed by atoms with E-state index in [0.717, 1.165) is 11.1 Å². The summed E-state index contributed by atoms with van der Waals surface area (Å²) in [7, 11) is 0. The molecule has 4 nitrogen and oxygen atoms in total. The van der Waals surface area contributed by atoms with Crippen molar-refractivity contribution in [2.24, 2.45) is 5.92 Å². The van der Waals surface area contributed by atoms with Crippen LogP contribution in [0, 0.1) is 12.8 Å². The number of rotatable bonds is 5. The molecule has 146 valence electrons. The Hall–Kier alpha value is -2.88. The molecule has 0 aromatic heterocycles. The second kappa shape index (κ2) is 9.36. The van der Waals surface area contributed by atoms with E-state index in [1.54, 1.807) is 6.08 Å². The van der Waals surface area contributed by atoms with Crippen LogP contribution < -0.4 is 5.32 Å². The number of benzene rings is 2. The summed E-state index contributed by atoms with van der Waals surface area (Å²) in [5.74, 6) is 0.0609. The number of nitrogens with one attached hydrogen (secondary N) is 1. The number of carbonyl (C=O) groups is 2. The van der Waals surface area contributed by atoms with Crippen LogP contribution >= 0.6 is 0 Å². The fourth-order valence-electron chi connectivity index (χ4n) is 3.47. The molecule has 2 aromatic rings. The van der Waals surface area contributed by atoms with E-state index in [0.29, 0.717) is 25.9 Å². The normalized spacial score (nSPS) is 16.1. The maximum Gasteiger partial charge on any atom is 0.246 e. The predicted molar refractivity (Wildman–Crippen MR) is 113 cm³/mol. The molecule has 0 saturated carbocycles. The molecule has 28 heavy (non-hydrogen) atoms. The van der Waals surface area contributed by atoms with Crippen LogP contribution in [0.25, 0.3) is 6.08 Å². The number of carbonyl (C=O) groups excluding carboxylic acids is 2. The lowest BCUT2D eigenvalue weighted by molar-refractivity contribution is -0.132. The quantitative estimate of drug-likeness (QED) is 0.798. The maximum absolute atomic E-state index is 12.6. The molecule has 1 N–H and O–H groups in total.